The molecule has 0 spiro atoms. The first kappa shape index (κ1) is 15.0. The number of carbonyl (C=O) groups is 2. The van der Waals surface area contributed by atoms with Gasteiger partial charge in [0.25, 0.3) is 5.91 Å². The number of hydrogen-bond donors (Lipinski definition) is 1. The third-order valence-electron chi connectivity index (χ3n) is 4.70. The van der Waals surface area contributed by atoms with Gasteiger partial charge in [0.05, 0.1) is 0 Å². The standard InChI is InChI=1S/C17H23N3O2/c1-12(2)19-10-8-14(9-11-19)20-16(21)15(18-17(20)22)13-6-4-3-5-7-13/h3-7,12,14-15H,8-11H2,1-2H3,(H,18,22). The van der Waals surface area contributed by atoms with Crippen molar-refractivity contribution in [2.75, 3.05) is 13.1 Å². The molecule has 0 radical (unpaired) electrons. The highest BCUT2D eigenvalue weighted by Crippen LogP contribution is 2.27. The number of likely N-dealkylation sites (tertiary alicyclic amines) is 1. The van der Waals surface area contributed by atoms with Crippen LogP contribution in [0.25, 0.3) is 0 Å². The Morgan fingerprint density at radius 2 is 1.73 bits per heavy atom. The van der Waals surface area contributed by atoms with Crippen molar-refractivity contribution in [1.29, 1.82) is 0 Å². The van der Waals surface area contributed by atoms with Crippen LogP contribution in [0.4, 0.5) is 4.79 Å². The first-order valence-electron chi connectivity index (χ1n) is 8.00. The number of nitrogens with zero attached hydrogens (tertiary/aromatic N) is 2. The molecule has 2 fully saturated rings. The summed E-state index contributed by atoms with van der Waals surface area (Å²) in [6.07, 6.45) is 1.72. The zero-order valence-corrected chi connectivity index (χ0v) is 13.2. The lowest BCUT2D eigenvalue weighted by Crippen LogP contribution is -2.49. The van der Waals surface area contributed by atoms with Crippen molar-refractivity contribution in [3.63, 3.8) is 0 Å². The predicted molar refractivity (Wildman–Crippen MR) is 84.3 cm³/mol. The Balaban J connectivity index is 1.70. The summed E-state index contributed by atoms with van der Waals surface area (Å²) in [5.41, 5.74) is 0.850. The van der Waals surface area contributed by atoms with E-state index >= 15 is 0 Å². The second-order valence-corrected chi connectivity index (χ2v) is 6.36. The molecule has 1 aromatic carbocycles. The van der Waals surface area contributed by atoms with Crippen molar-refractivity contribution in [1.82, 2.24) is 15.1 Å². The third kappa shape index (κ3) is 2.73. The van der Waals surface area contributed by atoms with Gasteiger partial charge in [-0.05, 0) is 32.3 Å². The number of nitrogens with one attached hydrogen (secondary N) is 1. The van der Waals surface area contributed by atoms with E-state index in [1.54, 1.807) is 0 Å². The average molecular weight is 301 g/mol. The fourth-order valence-corrected chi connectivity index (χ4v) is 3.37. The number of benzene rings is 1. The van der Waals surface area contributed by atoms with Crippen molar-refractivity contribution in [3.05, 3.63) is 35.9 Å². The molecule has 0 saturated carbocycles. The summed E-state index contributed by atoms with van der Waals surface area (Å²) in [5, 5.41) is 2.83. The molecule has 22 heavy (non-hydrogen) atoms. The normalized spacial score (nSPS) is 24.1. The van der Waals surface area contributed by atoms with E-state index in [1.165, 1.54) is 4.90 Å². The maximum Gasteiger partial charge on any atom is 0.325 e. The molecule has 1 N–H and O–H groups in total. The number of hydrogen-bond acceptors (Lipinski definition) is 3. The topological polar surface area (TPSA) is 52.6 Å². The van der Waals surface area contributed by atoms with Crippen molar-refractivity contribution in [3.8, 4) is 0 Å². The zero-order valence-electron chi connectivity index (χ0n) is 13.2. The van der Waals surface area contributed by atoms with Crippen LogP contribution < -0.4 is 5.32 Å². The highest BCUT2D eigenvalue weighted by Gasteiger charge is 2.43. The SMILES string of the molecule is CC(C)N1CCC(N2C(=O)NC(c3ccccc3)C2=O)CC1. The zero-order chi connectivity index (χ0) is 15.7. The Morgan fingerprint density at radius 3 is 2.32 bits per heavy atom. The van der Waals surface area contributed by atoms with Gasteiger partial charge in [0.2, 0.25) is 0 Å². The van der Waals surface area contributed by atoms with Crippen molar-refractivity contribution < 1.29 is 9.59 Å². The molecule has 0 bridgehead atoms. The average Bonchev–Trinajstić information content (AvgIpc) is 2.83. The van der Waals surface area contributed by atoms with E-state index in [0.29, 0.717) is 6.04 Å². The van der Waals surface area contributed by atoms with Crippen LogP contribution in [0.5, 0.6) is 0 Å². The van der Waals surface area contributed by atoms with Gasteiger partial charge in [-0.3, -0.25) is 9.69 Å². The Bertz CT molecular complexity index is 550. The molecule has 0 aromatic heterocycles. The Kier molecular flexibility index (Phi) is 4.16. The van der Waals surface area contributed by atoms with Crippen LogP contribution in [0.15, 0.2) is 30.3 Å². The molecule has 2 saturated heterocycles. The van der Waals surface area contributed by atoms with Gasteiger partial charge in [-0.2, -0.15) is 0 Å². The minimum atomic E-state index is -0.531. The quantitative estimate of drug-likeness (QED) is 0.870. The van der Waals surface area contributed by atoms with Crippen LogP contribution >= 0.6 is 0 Å². The first-order valence-corrected chi connectivity index (χ1v) is 8.00. The molecule has 1 aromatic rings. The van der Waals surface area contributed by atoms with E-state index in [4.69, 9.17) is 0 Å². The summed E-state index contributed by atoms with van der Waals surface area (Å²) in [6, 6.07) is 9.21. The highest BCUT2D eigenvalue weighted by molar-refractivity contribution is 6.05. The number of piperidine rings is 1. The number of carbonyl (C=O) groups excluding carboxylic acids is 2. The fraction of sp³-hybridized carbons (Fsp3) is 0.529. The van der Waals surface area contributed by atoms with Gasteiger partial charge in [-0.25, -0.2) is 4.79 Å². The van der Waals surface area contributed by atoms with E-state index in [-0.39, 0.29) is 18.0 Å². The highest BCUT2D eigenvalue weighted by atomic mass is 16.2. The molecular weight excluding hydrogens is 278 g/mol. The number of rotatable bonds is 3. The van der Waals surface area contributed by atoms with Crippen molar-refractivity contribution in [2.24, 2.45) is 0 Å². The molecular formula is C17H23N3O2. The summed E-state index contributed by atoms with van der Waals surface area (Å²) in [4.78, 5) is 28.8. The Morgan fingerprint density at radius 1 is 1.09 bits per heavy atom. The van der Waals surface area contributed by atoms with Crippen molar-refractivity contribution >= 4 is 11.9 Å². The van der Waals surface area contributed by atoms with Gasteiger partial charge in [-0.15, -0.1) is 0 Å². The summed E-state index contributed by atoms with van der Waals surface area (Å²) < 4.78 is 0. The molecule has 2 aliphatic heterocycles. The Hall–Kier alpha value is -1.88. The van der Waals surface area contributed by atoms with Gasteiger partial charge < -0.3 is 10.2 Å². The van der Waals surface area contributed by atoms with Gasteiger partial charge in [0, 0.05) is 25.2 Å². The monoisotopic (exact) mass is 301 g/mol. The van der Waals surface area contributed by atoms with E-state index in [1.807, 2.05) is 30.3 Å². The van der Waals surface area contributed by atoms with E-state index in [0.717, 1.165) is 31.5 Å². The molecule has 118 valence electrons. The second-order valence-electron chi connectivity index (χ2n) is 6.36. The molecule has 2 aliphatic rings. The van der Waals surface area contributed by atoms with Gasteiger partial charge in [0.15, 0.2) is 0 Å². The summed E-state index contributed by atoms with van der Waals surface area (Å²) in [6.45, 7) is 6.24. The van der Waals surface area contributed by atoms with Crippen molar-refractivity contribution in [2.45, 2.75) is 44.8 Å². The maximum atomic E-state index is 12.7. The van der Waals surface area contributed by atoms with Gasteiger partial charge in [-0.1, -0.05) is 30.3 Å². The van der Waals surface area contributed by atoms with Crippen LogP contribution in [0.1, 0.15) is 38.3 Å². The van der Waals surface area contributed by atoms with E-state index in [2.05, 4.69) is 24.1 Å². The fourth-order valence-electron chi connectivity index (χ4n) is 3.37. The number of urea groups is 1. The minimum absolute atomic E-state index is 0.0243. The van der Waals surface area contributed by atoms with Crippen LogP contribution in [-0.4, -0.2) is 46.9 Å². The molecule has 1 unspecified atom stereocenters. The molecule has 2 heterocycles. The Labute approximate surface area is 131 Å². The molecule has 3 amide bonds. The van der Waals surface area contributed by atoms with Crippen LogP contribution in [0.3, 0.4) is 0 Å². The summed E-state index contributed by atoms with van der Waals surface area (Å²) in [5.74, 6) is -0.112. The lowest BCUT2D eigenvalue weighted by Gasteiger charge is -2.37. The number of imide groups is 1. The lowest BCUT2D eigenvalue weighted by molar-refractivity contribution is -0.129. The van der Waals surface area contributed by atoms with E-state index < -0.39 is 6.04 Å². The van der Waals surface area contributed by atoms with Crippen LogP contribution in [-0.2, 0) is 4.79 Å². The smallest absolute Gasteiger partial charge is 0.322 e. The third-order valence-corrected chi connectivity index (χ3v) is 4.70. The van der Waals surface area contributed by atoms with E-state index in [9.17, 15) is 9.59 Å². The number of amides is 3. The molecule has 5 nitrogen and oxygen atoms in total. The van der Waals surface area contributed by atoms with Crippen LogP contribution in [0.2, 0.25) is 0 Å². The molecule has 3 rings (SSSR count). The minimum Gasteiger partial charge on any atom is -0.322 e. The lowest BCUT2D eigenvalue weighted by atomic mass is 10.0. The van der Waals surface area contributed by atoms with Gasteiger partial charge >= 0.3 is 6.03 Å². The molecule has 1 atom stereocenters. The first-order chi connectivity index (χ1) is 10.6. The molecule has 5 heteroatoms. The van der Waals surface area contributed by atoms with Crippen LogP contribution in [0, 0.1) is 0 Å². The summed E-state index contributed by atoms with van der Waals surface area (Å²) >= 11 is 0. The largest absolute Gasteiger partial charge is 0.325 e. The van der Waals surface area contributed by atoms with Gasteiger partial charge in [0.1, 0.15) is 6.04 Å². The summed E-state index contributed by atoms with van der Waals surface area (Å²) in [7, 11) is 0. The maximum absolute atomic E-state index is 12.7. The molecule has 0 aliphatic carbocycles. The second kappa shape index (κ2) is 6.08. The predicted octanol–water partition coefficient (Wildman–Crippen LogP) is 2.15.